The van der Waals surface area contributed by atoms with Crippen LogP contribution in [0.5, 0.6) is 11.5 Å². The first-order chi connectivity index (χ1) is 31.6. The fourth-order valence-corrected chi connectivity index (χ4v) is 16.5. The third-order valence-electron chi connectivity index (χ3n) is 11.7. The van der Waals surface area contributed by atoms with E-state index in [2.05, 4.69) is 41.5 Å². The minimum absolute atomic E-state index is 0.0199. The van der Waals surface area contributed by atoms with Gasteiger partial charge in [-0.05, 0) is 91.0 Å². The molecule has 22 heteroatoms. The first-order valence-electron chi connectivity index (χ1n) is 21.6. The molecule has 0 aromatic heterocycles. The van der Waals surface area contributed by atoms with Crippen molar-refractivity contribution in [3.63, 3.8) is 0 Å². The van der Waals surface area contributed by atoms with E-state index in [0.717, 1.165) is 40.7 Å². The molecule has 19 nitrogen and oxygen atoms in total. The molecule has 4 aromatic rings. The molecule has 1 atom stereocenters. The zero-order valence-corrected chi connectivity index (χ0v) is 42.1. The largest absolute Gasteiger partial charge is 0.542 e. The predicted octanol–water partition coefficient (Wildman–Crippen LogP) is 8.73. The maximum atomic E-state index is 14.9. The summed E-state index contributed by atoms with van der Waals surface area (Å²) >= 11 is 0. The van der Waals surface area contributed by atoms with Crippen LogP contribution in [0.15, 0.2) is 94.7 Å². The second-order valence-corrected chi connectivity index (χ2v) is 27.0. The van der Waals surface area contributed by atoms with E-state index < -0.39 is 102 Å². The van der Waals surface area contributed by atoms with Gasteiger partial charge in [0.05, 0.1) is 30.0 Å². The molecule has 0 bridgehead atoms. The molecule has 1 aliphatic heterocycles. The van der Waals surface area contributed by atoms with Crippen molar-refractivity contribution in [2.75, 3.05) is 13.7 Å². The van der Waals surface area contributed by atoms with Gasteiger partial charge >= 0.3 is 22.2 Å². The number of hydrogen-bond acceptors (Lipinski definition) is 15. The summed E-state index contributed by atoms with van der Waals surface area (Å²) < 4.78 is 79.9. The Labute approximate surface area is 396 Å². The molecule has 1 amide bonds. The van der Waals surface area contributed by atoms with E-state index in [-0.39, 0.29) is 52.2 Å². The lowest BCUT2D eigenvalue weighted by Crippen LogP contribution is -2.51. The molecule has 5 rings (SSSR count). The maximum Gasteiger partial charge on any atom is 0.411 e. The zero-order chi connectivity index (χ0) is 50.7. The van der Waals surface area contributed by atoms with Gasteiger partial charge in [-0.2, -0.15) is 12.7 Å². The third kappa shape index (κ3) is 11.4. The summed E-state index contributed by atoms with van der Waals surface area (Å²) in [5.74, 6) is -1.60. The van der Waals surface area contributed by atoms with Crippen LogP contribution in [0.1, 0.15) is 89.4 Å². The van der Waals surface area contributed by atoms with E-state index in [1.54, 1.807) is 32.9 Å². The number of ketones is 1. The number of nitro groups is 2. The van der Waals surface area contributed by atoms with Crippen molar-refractivity contribution in [1.29, 1.82) is 0 Å². The van der Waals surface area contributed by atoms with Crippen LogP contribution in [0.3, 0.4) is 0 Å². The number of esters is 1. The molecule has 0 N–H and O–H groups in total. The number of methoxy groups -OCH3 is 1. The Bertz CT molecular complexity index is 2790. The lowest BCUT2D eigenvalue weighted by Gasteiger charge is -2.43. The van der Waals surface area contributed by atoms with Gasteiger partial charge in [0.2, 0.25) is 0 Å². The van der Waals surface area contributed by atoms with Crippen LogP contribution in [0.25, 0.3) is 0 Å². The highest BCUT2D eigenvalue weighted by atomic mass is 32.2. The molecule has 4 aromatic carbocycles. The molecule has 1 heterocycles. The molecule has 1 aliphatic rings. The minimum Gasteiger partial charge on any atom is -0.542 e. The molecular formula is C46H56N4O15S2Si. The zero-order valence-electron chi connectivity index (χ0n) is 39.4. The second kappa shape index (κ2) is 20.6. The van der Waals surface area contributed by atoms with Gasteiger partial charge in [-0.3, -0.25) is 29.9 Å². The Morgan fingerprint density at radius 1 is 0.794 bits per heavy atom. The lowest BCUT2D eigenvalue weighted by atomic mass is 9.92. The number of para-hydroxylation sites is 2. The first kappa shape index (κ1) is 52.7. The SMILES string of the molecule is COC(=O)[C@@H]1Cc2cc(CN(CC(=O)c3ccc(OS(=O)(=O)c4ccccc4[N+](=O)[O-])cc3)S(=O)(=O)c3ccccc3[N+](=O)[O-])c(O[Si](C(C)C)(C(C)C)C(C)C)cc2CN1C(=O)OC(C)(C)C. The quantitative estimate of drug-likeness (QED) is 0.0226. The lowest BCUT2D eigenvalue weighted by molar-refractivity contribution is -0.388. The number of nitrogens with zero attached hydrogens (tertiary/aromatic N) is 4. The summed E-state index contributed by atoms with van der Waals surface area (Å²) in [6, 6.07) is 16.0. The first-order valence-corrected chi connectivity index (χ1v) is 26.6. The van der Waals surface area contributed by atoms with E-state index in [1.807, 2.05) is 0 Å². The van der Waals surface area contributed by atoms with Crippen LogP contribution in [-0.2, 0) is 53.9 Å². The third-order valence-corrected chi connectivity index (χ3v) is 20.8. The highest BCUT2D eigenvalue weighted by Crippen LogP contribution is 2.45. The Balaban J connectivity index is 1.65. The highest BCUT2D eigenvalue weighted by Gasteiger charge is 2.48. The number of Topliss-reactive ketones (excluding diaryl/α,β-unsaturated/α-hetero) is 1. The number of fused-ring (bicyclic) bond motifs is 1. The smallest absolute Gasteiger partial charge is 0.411 e. The van der Waals surface area contributed by atoms with Gasteiger partial charge in [0.1, 0.15) is 23.1 Å². The van der Waals surface area contributed by atoms with Gasteiger partial charge < -0.3 is 18.1 Å². The van der Waals surface area contributed by atoms with Crippen LogP contribution in [0.4, 0.5) is 16.2 Å². The number of rotatable bonds is 18. The van der Waals surface area contributed by atoms with Crippen LogP contribution >= 0.6 is 0 Å². The molecule has 0 unspecified atom stereocenters. The average molecular weight is 997 g/mol. The number of carbonyl (C=O) groups excluding carboxylic acids is 3. The van der Waals surface area contributed by atoms with Gasteiger partial charge in [0.25, 0.3) is 29.7 Å². The molecule has 366 valence electrons. The van der Waals surface area contributed by atoms with Crippen molar-refractivity contribution in [2.24, 2.45) is 0 Å². The maximum absolute atomic E-state index is 14.9. The van der Waals surface area contributed by atoms with Gasteiger partial charge in [0.15, 0.2) is 15.6 Å². The van der Waals surface area contributed by atoms with Crippen molar-refractivity contribution in [2.45, 2.75) is 120 Å². The van der Waals surface area contributed by atoms with Gasteiger partial charge in [0, 0.05) is 36.2 Å². The monoisotopic (exact) mass is 996 g/mol. The number of carbonyl (C=O) groups is 3. The normalized spacial score (nSPS) is 14.4. The molecular weight excluding hydrogens is 941 g/mol. The summed E-state index contributed by atoms with van der Waals surface area (Å²) in [5, 5.41) is 23.8. The fraction of sp³-hybridized carbons (Fsp3) is 0.413. The number of hydrogen-bond donors (Lipinski definition) is 0. The Kier molecular flexibility index (Phi) is 15.9. The van der Waals surface area contributed by atoms with E-state index in [0.29, 0.717) is 11.1 Å². The molecule has 0 fully saturated rings. The van der Waals surface area contributed by atoms with Crippen molar-refractivity contribution in [3.8, 4) is 11.5 Å². The molecule has 0 saturated heterocycles. The predicted molar refractivity (Wildman–Crippen MR) is 252 cm³/mol. The van der Waals surface area contributed by atoms with Crippen molar-refractivity contribution in [3.05, 3.63) is 127 Å². The Hall–Kier alpha value is -6.23. The Morgan fingerprint density at radius 2 is 1.32 bits per heavy atom. The van der Waals surface area contributed by atoms with Crippen LogP contribution in [0, 0.1) is 20.2 Å². The van der Waals surface area contributed by atoms with E-state index in [1.165, 1.54) is 48.4 Å². The molecule has 68 heavy (non-hydrogen) atoms. The van der Waals surface area contributed by atoms with E-state index >= 15 is 0 Å². The summed E-state index contributed by atoms with van der Waals surface area (Å²) in [6.07, 6.45) is -0.838. The topological polar surface area (TPSA) is 249 Å². The number of amides is 1. The Morgan fingerprint density at radius 3 is 1.84 bits per heavy atom. The van der Waals surface area contributed by atoms with Crippen LogP contribution in [-0.4, -0.2) is 87.3 Å². The summed E-state index contributed by atoms with van der Waals surface area (Å²) in [6.45, 7) is 15.8. The van der Waals surface area contributed by atoms with Gasteiger partial charge in [-0.15, -0.1) is 0 Å². The van der Waals surface area contributed by atoms with Crippen LogP contribution in [0.2, 0.25) is 16.6 Å². The highest BCUT2D eigenvalue weighted by molar-refractivity contribution is 7.89. The van der Waals surface area contributed by atoms with Gasteiger partial charge in [-0.1, -0.05) is 71.9 Å². The summed E-state index contributed by atoms with van der Waals surface area (Å²) in [4.78, 5) is 63.1. The number of benzene rings is 4. The van der Waals surface area contributed by atoms with Gasteiger partial charge in [-0.25, -0.2) is 18.0 Å². The van der Waals surface area contributed by atoms with Crippen molar-refractivity contribution < 1.29 is 59.1 Å². The molecule has 0 spiro atoms. The summed E-state index contributed by atoms with van der Waals surface area (Å²) in [7, 11) is -11.3. The van der Waals surface area contributed by atoms with E-state index in [4.69, 9.17) is 18.1 Å². The van der Waals surface area contributed by atoms with Crippen molar-refractivity contribution >= 4 is 57.7 Å². The molecule has 0 aliphatic carbocycles. The average Bonchev–Trinajstić information content (AvgIpc) is 3.26. The standard InChI is InChI=1S/C46H56N4O15S2Si/c1-29(2)68(30(3)4,31(5)6)65-41-25-34-27-48(45(53)63-46(7,8)9)39(44(52)62-10)24-33(34)23-35(41)26-47(66(58,59)42-17-13-11-15-37(42)49(54)55)28-40(51)32-19-21-36(22-20-32)64-67(60,61)43-18-14-12-16-38(43)50(56)57/h11-23,25,29-31,39H,24,26-28H2,1-10H3/t39-/m0/s1. The summed E-state index contributed by atoms with van der Waals surface area (Å²) in [5.41, 5.74) is -1.05. The minimum atomic E-state index is -4.92. The molecule has 0 radical (unpaired) electrons. The van der Waals surface area contributed by atoms with Crippen LogP contribution < -0.4 is 8.61 Å². The number of sulfonamides is 1. The van der Waals surface area contributed by atoms with E-state index in [9.17, 15) is 51.4 Å². The molecule has 0 saturated carbocycles. The van der Waals surface area contributed by atoms with Crippen molar-refractivity contribution in [1.82, 2.24) is 9.21 Å². The number of ether oxygens (including phenoxy) is 2. The second-order valence-electron chi connectivity index (χ2n) is 18.2. The number of nitro benzene ring substituents is 2. The fourth-order valence-electron chi connectivity index (χ4n) is 8.61.